The molecule has 0 aliphatic carbocycles. The third-order valence-electron chi connectivity index (χ3n) is 6.79. The Kier molecular flexibility index (Phi) is 13.7. The van der Waals surface area contributed by atoms with Crippen LogP contribution in [0.2, 0.25) is 0 Å². The summed E-state index contributed by atoms with van der Waals surface area (Å²) < 4.78 is 38.9. The predicted octanol–water partition coefficient (Wildman–Crippen LogP) is 7.59. The van der Waals surface area contributed by atoms with Crippen LogP contribution in [0, 0.1) is 13.8 Å². The Hall–Kier alpha value is -3.55. The van der Waals surface area contributed by atoms with Gasteiger partial charge in [0, 0.05) is 43.2 Å². The van der Waals surface area contributed by atoms with Gasteiger partial charge in [-0.15, -0.1) is 0 Å². The molecule has 7 heteroatoms. The van der Waals surface area contributed by atoms with Crippen LogP contribution in [-0.4, -0.2) is 18.9 Å². The Labute approximate surface area is 246 Å². The van der Waals surface area contributed by atoms with Crippen LogP contribution in [-0.2, 0) is 21.3 Å². The molecule has 3 rings (SSSR count). The minimum Gasteiger partial charge on any atom is -0.744 e. The molecule has 6 nitrogen and oxygen atoms in total. The Bertz CT molecular complexity index is 1410. The fourth-order valence-electron chi connectivity index (χ4n) is 4.39. The summed E-state index contributed by atoms with van der Waals surface area (Å²) in [7, 11) is -4.31. The third kappa shape index (κ3) is 11.1. The lowest BCUT2D eigenvalue weighted by Gasteiger charge is -2.09. The van der Waals surface area contributed by atoms with Gasteiger partial charge in [-0.2, -0.15) is 4.57 Å². The van der Waals surface area contributed by atoms with Crippen molar-refractivity contribution in [1.82, 2.24) is 0 Å². The summed E-state index contributed by atoms with van der Waals surface area (Å²) >= 11 is 0. The van der Waals surface area contributed by atoms with Crippen molar-refractivity contribution in [2.24, 2.45) is 0 Å². The van der Waals surface area contributed by atoms with Gasteiger partial charge >= 0.3 is 5.97 Å². The highest BCUT2D eigenvalue weighted by Gasteiger charge is 2.18. The van der Waals surface area contributed by atoms with Crippen LogP contribution in [0.15, 0.2) is 84.3 Å². The van der Waals surface area contributed by atoms with E-state index in [1.54, 1.807) is 13.0 Å². The molecule has 0 atom stereocenters. The van der Waals surface area contributed by atoms with E-state index in [0.717, 1.165) is 17.7 Å². The molecule has 0 bridgehead atoms. The Balaban J connectivity index is 0.000000408. The largest absolute Gasteiger partial charge is 0.744 e. The fourth-order valence-corrected chi connectivity index (χ4v) is 4.86. The first-order chi connectivity index (χ1) is 19.5. The van der Waals surface area contributed by atoms with Gasteiger partial charge in [-0.1, -0.05) is 76.8 Å². The van der Waals surface area contributed by atoms with Crippen molar-refractivity contribution in [2.75, 3.05) is 0 Å². The lowest BCUT2D eigenvalue weighted by molar-refractivity contribution is -0.610. The molecule has 1 heterocycles. The van der Waals surface area contributed by atoms with Crippen molar-refractivity contribution in [1.29, 1.82) is 0 Å². The van der Waals surface area contributed by atoms with E-state index < -0.39 is 16.1 Å². The van der Waals surface area contributed by atoms with Crippen LogP contribution in [0.1, 0.15) is 81.3 Å². The van der Waals surface area contributed by atoms with Gasteiger partial charge in [0.2, 0.25) is 5.69 Å². The summed E-state index contributed by atoms with van der Waals surface area (Å²) in [6.07, 6.45) is 12.0. The molecule has 0 aliphatic rings. The number of benzene rings is 2. The first-order valence-electron chi connectivity index (χ1n) is 14.2. The molecule has 0 saturated heterocycles. The van der Waals surface area contributed by atoms with Crippen molar-refractivity contribution in [3.05, 3.63) is 102 Å². The number of carbonyl (C=O) groups is 1. The van der Waals surface area contributed by atoms with Gasteiger partial charge in [0.05, 0.1) is 4.90 Å². The molecule has 0 unspecified atom stereocenters. The summed E-state index contributed by atoms with van der Waals surface area (Å²) in [4.78, 5) is 11.5. The summed E-state index contributed by atoms with van der Waals surface area (Å²) in [5, 5.41) is 0. The molecule has 1 aromatic heterocycles. The summed E-state index contributed by atoms with van der Waals surface area (Å²) in [5.74, 6) is 0.145. The predicted molar refractivity (Wildman–Crippen MR) is 164 cm³/mol. The maximum atomic E-state index is 11.7. The summed E-state index contributed by atoms with van der Waals surface area (Å²) in [6.45, 7) is 15.3. The number of hydrogen-bond donors (Lipinski definition) is 0. The second kappa shape index (κ2) is 16.7. The molecule has 0 saturated carbocycles. The molecule has 220 valence electrons. The minimum atomic E-state index is -4.31. The molecule has 0 radical (unpaired) electrons. The maximum Gasteiger partial charge on any atom is 0.338 e. The van der Waals surface area contributed by atoms with E-state index >= 15 is 0 Å². The van der Waals surface area contributed by atoms with Crippen molar-refractivity contribution in [3.8, 4) is 11.4 Å². The zero-order chi connectivity index (χ0) is 30.4. The smallest absolute Gasteiger partial charge is 0.338 e. The van der Waals surface area contributed by atoms with Gasteiger partial charge in [0.15, 0.2) is 11.4 Å². The van der Waals surface area contributed by atoms with E-state index in [-0.39, 0.29) is 4.90 Å². The first kappa shape index (κ1) is 33.7. The number of esters is 1. The second-order valence-corrected chi connectivity index (χ2v) is 11.6. The van der Waals surface area contributed by atoms with Crippen LogP contribution >= 0.6 is 0 Å². The van der Waals surface area contributed by atoms with Gasteiger partial charge in [0.25, 0.3) is 0 Å². The van der Waals surface area contributed by atoms with Crippen LogP contribution in [0.25, 0.3) is 11.8 Å². The topological polar surface area (TPSA) is 87.4 Å². The average molecular weight is 578 g/mol. The Morgan fingerprint density at radius 1 is 0.902 bits per heavy atom. The number of aryl methyl sites for hydroxylation is 2. The quantitative estimate of drug-likeness (QED) is 0.0522. The number of pyridine rings is 1. The zero-order valence-corrected chi connectivity index (χ0v) is 25.6. The number of carbonyl (C=O) groups excluding carboxylic acids is 1. The fraction of sp³-hybridized carbons (Fsp3) is 0.353. The maximum absolute atomic E-state index is 11.7. The van der Waals surface area contributed by atoms with Gasteiger partial charge in [-0.25, -0.2) is 13.2 Å². The van der Waals surface area contributed by atoms with Crippen LogP contribution in [0.4, 0.5) is 0 Å². The van der Waals surface area contributed by atoms with Gasteiger partial charge in [-0.05, 0) is 55.7 Å². The SMILES string of the molecule is C=C(C)C(=O)Oc1ccc(-[n+]2c(C)ccc(CCCCCCCCC)c2C)cc1.C=Cc1ccc(S(=O)(=O)[O-])cc1. The van der Waals surface area contributed by atoms with Crippen LogP contribution in [0.5, 0.6) is 5.75 Å². The normalized spacial score (nSPS) is 10.9. The number of rotatable bonds is 13. The molecular weight excluding hydrogens is 534 g/mol. The molecule has 2 aromatic carbocycles. The number of aromatic nitrogens is 1. The zero-order valence-electron chi connectivity index (χ0n) is 24.8. The standard InChI is InChI=1S/C26H36NO2.C8H8O3S/c1-6-7-8-9-10-11-12-13-23-15-14-21(4)27(22(23)5)24-16-18-25(19-17-24)29-26(28)20(2)3;1-2-7-3-5-8(6-4-7)12(9,10)11/h14-19H,2,6-13H2,1,3-5H3;2-6H,1H2,(H,9,10,11)/q+1;/p-1. The van der Waals surface area contributed by atoms with Crippen molar-refractivity contribution < 1.29 is 27.1 Å². The minimum absolute atomic E-state index is 0.215. The van der Waals surface area contributed by atoms with Crippen molar-refractivity contribution >= 4 is 22.2 Å². The van der Waals surface area contributed by atoms with Gasteiger partial charge < -0.3 is 9.29 Å². The van der Waals surface area contributed by atoms with Crippen LogP contribution in [0.3, 0.4) is 0 Å². The molecule has 3 aromatic rings. The third-order valence-corrected chi connectivity index (χ3v) is 7.64. The van der Waals surface area contributed by atoms with Crippen molar-refractivity contribution in [3.63, 3.8) is 0 Å². The molecule has 41 heavy (non-hydrogen) atoms. The highest BCUT2D eigenvalue weighted by Crippen LogP contribution is 2.17. The monoisotopic (exact) mass is 577 g/mol. The van der Waals surface area contributed by atoms with E-state index in [4.69, 9.17) is 4.74 Å². The summed E-state index contributed by atoms with van der Waals surface area (Å²) in [5.41, 5.74) is 6.13. The summed E-state index contributed by atoms with van der Waals surface area (Å²) in [6, 6.07) is 17.7. The number of ether oxygens (including phenoxy) is 1. The number of unbranched alkanes of at least 4 members (excludes halogenated alkanes) is 6. The molecule has 0 aliphatic heterocycles. The molecular formula is C34H43NO5S. The van der Waals surface area contributed by atoms with E-state index in [1.807, 2.05) is 24.3 Å². The molecule has 0 spiro atoms. The Morgan fingerprint density at radius 3 is 2.02 bits per heavy atom. The van der Waals surface area contributed by atoms with E-state index in [1.165, 1.54) is 86.2 Å². The molecule has 0 N–H and O–H groups in total. The highest BCUT2D eigenvalue weighted by molar-refractivity contribution is 7.85. The highest BCUT2D eigenvalue weighted by atomic mass is 32.2. The van der Waals surface area contributed by atoms with Gasteiger partial charge in [0.1, 0.15) is 15.9 Å². The molecule has 0 amide bonds. The first-order valence-corrected chi connectivity index (χ1v) is 15.6. The Morgan fingerprint density at radius 2 is 1.49 bits per heavy atom. The van der Waals surface area contributed by atoms with Gasteiger partial charge in [-0.3, -0.25) is 0 Å². The number of hydrogen-bond acceptors (Lipinski definition) is 5. The van der Waals surface area contributed by atoms with E-state index in [0.29, 0.717) is 11.3 Å². The molecule has 0 fully saturated rings. The van der Waals surface area contributed by atoms with Crippen LogP contribution < -0.4 is 9.30 Å². The lowest BCUT2D eigenvalue weighted by atomic mass is 10.0. The average Bonchev–Trinajstić information content (AvgIpc) is 2.94. The van der Waals surface area contributed by atoms with E-state index in [9.17, 15) is 17.8 Å². The lowest BCUT2D eigenvalue weighted by Crippen LogP contribution is -2.38. The van der Waals surface area contributed by atoms with Crippen molar-refractivity contribution in [2.45, 2.75) is 84.0 Å². The van der Waals surface area contributed by atoms with E-state index in [2.05, 4.69) is 50.6 Å². The number of nitrogens with zero attached hydrogens (tertiary/aromatic N) is 1. The second-order valence-electron chi connectivity index (χ2n) is 10.2.